The molecule has 9 nitrogen and oxygen atoms in total. The van der Waals surface area contributed by atoms with Gasteiger partial charge >= 0.3 is 11.9 Å². The van der Waals surface area contributed by atoms with E-state index in [2.05, 4.69) is 10.3 Å². The van der Waals surface area contributed by atoms with Crippen molar-refractivity contribution in [2.75, 3.05) is 5.32 Å². The fraction of sp³-hybridized carbons (Fsp3) is 0. The van der Waals surface area contributed by atoms with Gasteiger partial charge in [0, 0.05) is 6.20 Å². The van der Waals surface area contributed by atoms with Gasteiger partial charge in [0.15, 0.2) is 5.76 Å². The molecule has 2 N–H and O–H groups in total. The van der Waals surface area contributed by atoms with E-state index < -0.39 is 22.7 Å². The van der Waals surface area contributed by atoms with Crippen LogP contribution >= 0.6 is 0 Å². The van der Waals surface area contributed by atoms with Crippen LogP contribution < -0.4 is 5.32 Å². The van der Waals surface area contributed by atoms with Crippen LogP contribution in [0.4, 0.5) is 11.7 Å². The highest BCUT2D eigenvalue weighted by molar-refractivity contribution is 6.05. The van der Waals surface area contributed by atoms with E-state index in [4.69, 9.17) is 9.52 Å². The minimum Gasteiger partial charge on any atom is -0.478 e. The third kappa shape index (κ3) is 2.61. The Morgan fingerprint density at radius 1 is 1.35 bits per heavy atom. The number of hydrogen-bond acceptors (Lipinski definition) is 6. The first-order valence-corrected chi connectivity index (χ1v) is 5.23. The molecule has 102 valence electrons. The second-order valence-electron chi connectivity index (χ2n) is 3.55. The van der Waals surface area contributed by atoms with Crippen LogP contribution in [-0.2, 0) is 0 Å². The maximum absolute atomic E-state index is 11.8. The Labute approximate surface area is 111 Å². The molecule has 0 saturated carbocycles. The molecule has 0 aliphatic carbocycles. The van der Waals surface area contributed by atoms with E-state index in [1.165, 1.54) is 18.3 Å². The van der Waals surface area contributed by atoms with E-state index in [1.54, 1.807) is 0 Å². The Morgan fingerprint density at radius 3 is 2.70 bits per heavy atom. The third-order valence-electron chi connectivity index (χ3n) is 2.27. The van der Waals surface area contributed by atoms with Gasteiger partial charge in [-0.05, 0) is 18.2 Å². The van der Waals surface area contributed by atoms with Gasteiger partial charge in [0.25, 0.3) is 5.91 Å². The third-order valence-corrected chi connectivity index (χ3v) is 2.27. The van der Waals surface area contributed by atoms with Gasteiger partial charge in [-0.25, -0.2) is 9.78 Å². The number of aromatic nitrogens is 1. The highest BCUT2D eigenvalue weighted by atomic mass is 16.6. The second-order valence-corrected chi connectivity index (χ2v) is 3.55. The molecule has 20 heavy (non-hydrogen) atoms. The standard InChI is InChI=1S/C11H7N3O6/c15-10(7-3-4-8(20-7)14(18)19)13-9-6(11(16)17)2-1-5-12-9/h1-5H,(H,16,17)(H,12,13,15). The lowest BCUT2D eigenvalue weighted by Gasteiger charge is -2.04. The van der Waals surface area contributed by atoms with Crippen molar-refractivity contribution >= 4 is 23.6 Å². The van der Waals surface area contributed by atoms with Crippen molar-refractivity contribution in [3.8, 4) is 0 Å². The minimum absolute atomic E-state index is 0.177. The lowest BCUT2D eigenvalue weighted by atomic mass is 10.2. The van der Waals surface area contributed by atoms with Crippen LogP contribution in [-0.4, -0.2) is 26.9 Å². The summed E-state index contributed by atoms with van der Waals surface area (Å²) < 4.78 is 4.69. The van der Waals surface area contributed by atoms with Crippen molar-refractivity contribution in [1.29, 1.82) is 0 Å². The van der Waals surface area contributed by atoms with Crippen LogP contribution in [0.15, 0.2) is 34.9 Å². The summed E-state index contributed by atoms with van der Waals surface area (Å²) in [4.78, 5) is 36.0. The molecular formula is C11H7N3O6. The Bertz CT molecular complexity index is 693. The predicted octanol–water partition coefficient (Wildman–Crippen LogP) is 1.53. The van der Waals surface area contributed by atoms with Crippen molar-refractivity contribution in [2.45, 2.75) is 0 Å². The Hall–Kier alpha value is -3.23. The highest BCUT2D eigenvalue weighted by Gasteiger charge is 2.19. The molecule has 9 heteroatoms. The number of nitrogens with one attached hydrogen (secondary N) is 1. The summed E-state index contributed by atoms with van der Waals surface area (Å²) in [5, 5.41) is 21.6. The van der Waals surface area contributed by atoms with Gasteiger partial charge in [0.05, 0.1) is 6.07 Å². The van der Waals surface area contributed by atoms with Crippen LogP contribution in [0.25, 0.3) is 0 Å². The zero-order chi connectivity index (χ0) is 14.7. The largest absolute Gasteiger partial charge is 0.478 e. The highest BCUT2D eigenvalue weighted by Crippen LogP contribution is 2.18. The lowest BCUT2D eigenvalue weighted by molar-refractivity contribution is -0.402. The summed E-state index contributed by atoms with van der Waals surface area (Å²) in [5.74, 6) is -3.18. The molecule has 0 spiro atoms. The molecule has 0 atom stereocenters. The summed E-state index contributed by atoms with van der Waals surface area (Å²) in [6.07, 6.45) is 1.30. The number of carboxylic acids is 1. The first-order valence-electron chi connectivity index (χ1n) is 5.23. The maximum Gasteiger partial charge on any atom is 0.433 e. The molecule has 2 rings (SSSR count). The molecule has 2 aromatic rings. The molecule has 0 aliphatic rings. The summed E-state index contributed by atoms with van der Waals surface area (Å²) in [5.41, 5.74) is -0.207. The maximum atomic E-state index is 11.8. The monoisotopic (exact) mass is 277 g/mol. The van der Waals surface area contributed by atoms with Gasteiger partial charge in [-0.15, -0.1) is 0 Å². The summed E-state index contributed by atoms with van der Waals surface area (Å²) in [6, 6.07) is 4.79. The van der Waals surface area contributed by atoms with E-state index >= 15 is 0 Å². The van der Waals surface area contributed by atoms with Gasteiger partial charge in [0.2, 0.25) is 0 Å². The minimum atomic E-state index is -1.26. The smallest absolute Gasteiger partial charge is 0.433 e. The fourth-order valence-electron chi connectivity index (χ4n) is 1.39. The Kier molecular flexibility index (Phi) is 3.42. The first-order chi connectivity index (χ1) is 9.49. The number of amides is 1. The molecule has 1 amide bonds. The van der Waals surface area contributed by atoms with Crippen molar-refractivity contribution in [1.82, 2.24) is 4.98 Å². The molecule has 2 aromatic heterocycles. The topological polar surface area (TPSA) is 136 Å². The lowest BCUT2D eigenvalue weighted by Crippen LogP contribution is -2.15. The molecule has 0 radical (unpaired) electrons. The molecular weight excluding hydrogens is 270 g/mol. The van der Waals surface area contributed by atoms with Gasteiger partial charge in [-0.1, -0.05) is 0 Å². The Morgan fingerprint density at radius 2 is 2.10 bits per heavy atom. The van der Waals surface area contributed by atoms with Crippen molar-refractivity contribution in [2.24, 2.45) is 0 Å². The summed E-state index contributed by atoms with van der Waals surface area (Å²) in [7, 11) is 0. The van der Waals surface area contributed by atoms with E-state index in [9.17, 15) is 19.7 Å². The fourth-order valence-corrected chi connectivity index (χ4v) is 1.39. The number of nitrogens with zero attached hydrogens (tertiary/aromatic N) is 2. The van der Waals surface area contributed by atoms with Gasteiger partial charge in [-0.2, -0.15) is 0 Å². The van der Waals surface area contributed by atoms with Crippen LogP contribution in [0.5, 0.6) is 0 Å². The summed E-state index contributed by atoms with van der Waals surface area (Å²) >= 11 is 0. The number of aromatic carboxylic acids is 1. The first kappa shape index (κ1) is 13.2. The molecule has 0 saturated heterocycles. The predicted molar refractivity (Wildman–Crippen MR) is 64.5 cm³/mol. The number of carbonyl (C=O) groups is 2. The quantitative estimate of drug-likeness (QED) is 0.638. The molecule has 0 bridgehead atoms. The van der Waals surface area contributed by atoms with Crippen LogP contribution in [0.3, 0.4) is 0 Å². The number of nitro groups is 1. The van der Waals surface area contributed by atoms with Crippen molar-refractivity contribution in [3.63, 3.8) is 0 Å². The molecule has 2 heterocycles. The van der Waals surface area contributed by atoms with Crippen molar-refractivity contribution < 1.29 is 24.0 Å². The van der Waals surface area contributed by atoms with E-state index in [0.29, 0.717) is 0 Å². The zero-order valence-electron chi connectivity index (χ0n) is 9.77. The molecule has 0 aliphatic heterocycles. The summed E-state index contributed by atoms with van der Waals surface area (Å²) in [6.45, 7) is 0. The number of furan rings is 1. The molecule has 0 unspecified atom stereocenters. The average molecular weight is 277 g/mol. The van der Waals surface area contributed by atoms with Gasteiger partial charge in [0.1, 0.15) is 16.3 Å². The number of anilines is 1. The SMILES string of the molecule is O=C(Nc1ncccc1C(=O)O)c1ccc([N+](=O)[O-])o1. The van der Waals surface area contributed by atoms with E-state index in [0.717, 1.165) is 12.1 Å². The van der Waals surface area contributed by atoms with E-state index in [-0.39, 0.29) is 17.1 Å². The van der Waals surface area contributed by atoms with Crippen molar-refractivity contribution in [3.05, 3.63) is 51.9 Å². The van der Waals surface area contributed by atoms with Crippen LogP contribution in [0.2, 0.25) is 0 Å². The second kappa shape index (κ2) is 5.18. The van der Waals surface area contributed by atoms with E-state index in [1.807, 2.05) is 0 Å². The zero-order valence-corrected chi connectivity index (χ0v) is 9.77. The normalized spacial score (nSPS) is 10.0. The number of pyridine rings is 1. The van der Waals surface area contributed by atoms with Crippen LogP contribution in [0, 0.1) is 10.1 Å². The Balaban J connectivity index is 2.23. The molecule has 0 aromatic carbocycles. The number of hydrogen-bond donors (Lipinski definition) is 2. The number of carbonyl (C=O) groups excluding carboxylic acids is 1. The number of rotatable bonds is 4. The van der Waals surface area contributed by atoms with Gasteiger partial charge in [-0.3, -0.25) is 14.9 Å². The average Bonchev–Trinajstić information content (AvgIpc) is 2.89. The van der Waals surface area contributed by atoms with Crippen LogP contribution in [0.1, 0.15) is 20.9 Å². The molecule has 0 fully saturated rings. The van der Waals surface area contributed by atoms with Gasteiger partial charge < -0.3 is 14.8 Å². The number of carboxylic acid groups (broad SMARTS) is 1.